The number of ether oxygens (including phenoxy) is 1. The van der Waals surface area contributed by atoms with Gasteiger partial charge in [0.05, 0.1) is 35.5 Å². The van der Waals surface area contributed by atoms with Crippen molar-refractivity contribution in [1.82, 2.24) is 19.9 Å². The minimum atomic E-state index is -0.171. The van der Waals surface area contributed by atoms with E-state index in [2.05, 4.69) is 37.6 Å². The normalized spacial score (nSPS) is 18.9. The second kappa shape index (κ2) is 8.37. The maximum Gasteiger partial charge on any atom is 0.274 e. The van der Waals surface area contributed by atoms with E-state index in [1.54, 1.807) is 12.4 Å². The predicted octanol–water partition coefficient (Wildman–Crippen LogP) is 3.13. The van der Waals surface area contributed by atoms with Gasteiger partial charge in [-0.1, -0.05) is 11.6 Å². The molecule has 0 spiro atoms. The molecule has 2 aromatic heterocycles. The number of fused-ring (bicyclic) bond motifs is 2. The molecule has 3 N–H and O–H groups in total. The lowest BCUT2D eigenvalue weighted by Gasteiger charge is -2.28. The number of halogens is 1. The van der Waals surface area contributed by atoms with Gasteiger partial charge in [0.25, 0.3) is 5.56 Å². The first kappa shape index (κ1) is 20.5. The highest BCUT2D eigenvalue weighted by atomic mass is 35.5. The topological polar surface area (TPSA) is 87.2 Å². The summed E-state index contributed by atoms with van der Waals surface area (Å²) in [5, 5.41) is 8.51. The van der Waals surface area contributed by atoms with Gasteiger partial charge in [-0.3, -0.25) is 9.36 Å². The number of nitrogens with one attached hydrogen (secondary N) is 3. The zero-order chi connectivity index (χ0) is 22.4. The number of hydrogen-bond donors (Lipinski definition) is 3. The van der Waals surface area contributed by atoms with Crippen LogP contribution in [0.1, 0.15) is 6.42 Å². The Morgan fingerprint density at radius 1 is 1.15 bits per heavy atom. The number of aromatic amines is 1. The molecule has 0 amide bonds. The number of hydrogen-bond acceptors (Lipinski definition) is 6. The van der Waals surface area contributed by atoms with E-state index in [0.29, 0.717) is 10.7 Å². The average Bonchev–Trinajstić information content (AvgIpc) is 3.50. The molecule has 0 aliphatic carbocycles. The highest BCUT2D eigenvalue weighted by Crippen LogP contribution is 2.32. The Labute approximate surface area is 195 Å². The van der Waals surface area contributed by atoms with Crippen molar-refractivity contribution >= 4 is 44.9 Å². The first-order chi connectivity index (χ1) is 16.2. The Hall–Kier alpha value is -3.07. The van der Waals surface area contributed by atoms with Crippen molar-refractivity contribution in [1.29, 1.82) is 0 Å². The van der Waals surface area contributed by atoms with Gasteiger partial charge in [-0.25, -0.2) is 4.98 Å². The zero-order valence-electron chi connectivity index (χ0n) is 18.1. The molecule has 2 aromatic carbocycles. The third-order valence-corrected chi connectivity index (χ3v) is 6.74. The summed E-state index contributed by atoms with van der Waals surface area (Å²) in [5.41, 5.74) is 4.73. The fraction of sp³-hybridized carbons (Fsp3) is 0.333. The molecule has 33 heavy (non-hydrogen) atoms. The number of imidazole rings is 1. The van der Waals surface area contributed by atoms with Crippen LogP contribution in [0.15, 0.2) is 47.5 Å². The van der Waals surface area contributed by atoms with Crippen LogP contribution in [0.2, 0.25) is 5.02 Å². The molecular formula is C24H25ClN6O2. The summed E-state index contributed by atoms with van der Waals surface area (Å²) in [6.07, 6.45) is 2.72. The number of nitrogens with zero attached hydrogens (tertiary/aromatic N) is 3. The first-order valence-electron chi connectivity index (χ1n) is 11.3. The van der Waals surface area contributed by atoms with Crippen LogP contribution in [0.5, 0.6) is 0 Å². The van der Waals surface area contributed by atoms with Crippen molar-refractivity contribution in [3.05, 3.63) is 58.1 Å². The Morgan fingerprint density at radius 3 is 2.85 bits per heavy atom. The van der Waals surface area contributed by atoms with Crippen molar-refractivity contribution in [2.45, 2.75) is 12.5 Å². The predicted molar refractivity (Wildman–Crippen MR) is 132 cm³/mol. The minimum Gasteiger partial charge on any atom is -0.379 e. The third kappa shape index (κ3) is 3.74. The van der Waals surface area contributed by atoms with Crippen LogP contribution in [0.25, 0.3) is 27.6 Å². The van der Waals surface area contributed by atoms with Crippen molar-refractivity contribution in [3.8, 4) is 5.69 Å². The van der Waals surface area contributed by atoms with E-state index in [-0.39, 0.29) is 11.6 Å². The van der Waals surface area contributed by atoms with Crippen molar-refractivity contribution in [2.24, 2.45) is 0 Å². The van der Waals surface area contributed by atoms with Gasteiger partial charge in [0.2, 0.25) is 0 Å². The highest BCUT2D eigenvalue weighted by molar-refractivity contribution is 6.31. The van der Waals surface area contributed by atoms with Crippen LogP contribution in [-0.2, 0) is 4.74 Å². The molecule has 4 aromatic rings. The summed E-state index contributed by atoms with van der Waals surface area (Å²) in [5.74, 6) is 0. The molecule has 2 aliphatic rings. The van der Waals surface area contributed by atoms with Gasteiger partial charge in [-0.15, -0.1) is 0 Å². The van der Waals surface area contributed by atoms with Gasteiger partial charge < -0.3 is 25.3 Å². The molecule has 0 saturated carbocycles. The zero-order valence-corrected chi connectivity index (χ0v) is 18.9. The molecule has 1 unspecified atom stereocenters. The second-order valence-electron chi connectivity index (χ2n) is 8.59. The number of morpholine rings is 1. The van der Waals surface area contributed by atoms with E-state index in [0.717, 1.165) is 79.1 Å². The largest absolute Gasteiger partial charge is 0.379 e. The summed E-state index contributed by atoms with van der Waals surface area (Å²) < 4.78 is 7.35. The molecule has 0 radical (unpaired) electrons. The van der Waals surface area contributed by atoms with Gasteiger partial charge in [0.15, 0.2) is 0 Å². The monoisotopic (exact) mass is 464 g/mol. The summed E-state index contributed by atoms with van der Waals surface area (Å²) in [6, 6.07) is 12.0. The van der Waals surface area contributed by atoms with Crippen molar-refractivity contribution in [2.75, 3.05) is 49.6 Å². The molecule has 170 valence electrons. The Morgan fingerprint density at radius 2 is 2.03 bits per heavy atom. The lowest BCUT2D eigenvalue weighted by Crippen LogP contribution is -2.36. The number of pyridine rings is 1. The van der Waals surface area contributed by atoms with E-state index in [1.165, 1.54) is 0 Å². The van der Waals surface area contributed by atoms with Crippen LogP contribution in [0.4, 0.5) is 11.4 Å². The lowest BCUT2D eigenvalue weighted by atomic mass is 10.1. The Bertz CT molecular complexity index is 1390. The van der Waals surface area contributed by atoms with E-state index < -0.39 is 0 Å². The van der Waals surface area contributed by atoms with Gasteiger partial charge in [0.1, 0.15) is 12.0 Å². The van der Waals surface area contributed by atoms with Crippen molar-refractivity contribution < 1.29 is 4.74 Å². The van der Waals surface area contributed by atoms with Crippen LogP contribution in [-0.4, -0.2) is 60.0 Å². The molecule has 8 nitrogen and oxygen atoms in total. The highest BCUT2D eigenvalue weighted by Gasteiger charge is 2.22. The summed E-state index contributed by atoms with van der Waals surface area (Å²) in [6.45, 7) is 4.98. The minimum absolute atomic E-state index is 0.171. The van der Waals surface area contributed by atoms with Crippen LogP contribution in [0, 0.1) is 0 Å². The van der Waals surface area contributed by atoms with E-state index in [9.17, 15) is 4.79 Å². The Kier molecular flexibility index (Phi) is 5.21. The molecule has 2 saturated heterocycles. The summed E-state index contributed by atoms with van der Waals surface area (Å²) in [4.78, 5) is 23.3. The van der Waals surface area contributed by atoms with E-state index in [4.69, 9.17) is 16.3 Å². The van der Waals surface area contributed by atoms with E-state index >= 15 is 0 Å². The number of aromatic nitrogens is 3. The number of H-pyrrole nitrogens is 1. The quantitative estimate of drug-likeness (QED) is 0.430. The van der Waals surface area contributed by atoms with Gasteiger partial charge >= 0.3 is 0 Å². The van der Waals surface area contributed by atoms with Crippen LogP contribution >= 0.6 is 11.6 Å². The fourth-order valence-electron chi connectivity index (χ4n) is 4.81. The molecule has 1 atom stereocenters. The molecule has 9 heteroatoms. The Balaban J connectivity index is 1.51. The summed E-state index contributed by atoms with van der Waals surface area (Å²) >= 11 is 6.35. The molecule has 2 aliphatic heterocycles. The number of benzene rings is 2. The van der Waals surface area contributed by atoms with Gasteiger partial charge in [-0.05, 0) is 49.4 Å². The molecule has 6 rings (SSSR count). The third-order valence-electron chi connectivity index (χ3n) is 6.51. The maximum absolute atomic E-state index is 13.4. The number of anilines is 2. The lowest BCUT2D eigenvalue weighted by molar-refractivity contribution is 0.122. The second-order valence-corrected chi connectivity index (χ2v) is 9.03. The average molecular weight is 465 g/mol. The van der Waals surface area contributed by atoms with Crippen LogP contribution in [0.3, 0.4) is 0 Å². The molecule has 2 fully saturated rings. The molecule has 4 heterocycles. The van der Waals surface area contributed by atoms with E-state index in [1.807, 2.05) is 22.8 Å². The fourth-order valence-corrected chi connectivity index (χ4v) is 4.98. The summed E-state index contributed by atoms with van der Waals surface area (Å²) in [7, 11) is 0. The SMILES string of the molecule is O=c1[nH]c2ccc(Cl)cc2c(NC2CCNC2)c1-n1cnc2cc(N3CCOCC3)ccc21. The molecular weight excluding hydrogens is 440 g/mol. The van der Waals surface area contributed by atoms with Crippen LogP contribution < -0.4 is 21.1 Å². The van der Waals surface area contributed by atoms with Gasteiger partial charge in [-0.2, -0.15) is 0 Å². The maximum atomic E-state index is 13.4. The smallest absolute Gasteiger partial charge is 0.274 e. The standard InChI is InChI=1S/C24H25ClN6O2/c25-15-1-3-19-18(11-15)22(28-16-5-6-26-13-16)23(24(32)29-19)31-14-27-20-12-17(2-4-21(20)31)30-7-9-33-10-8-30/h1-4,11-12,14,16,26H,5-10,13H2,(H2,28,29,32). The van der Waals surface area contributed by atoms with Crippen molar-refractivity contribution in [3.63, 3.8) is 0 Å². The van der Waals surface area contributed by atoms with Gasteiger partial charge in [0, 0.05) is 41.8 Å². The molecule has 0 bridgehead atoms. The number of rotatable bonds is 4. The first-order valence-corrected chi connectivity index (χ1v) is 11.7.